The largest absolute Gasteiger partial charge is 0.398 e. The van der Waals surface area contributed by atoms with Gasteiger partial charge in [-0.1, -0.05) is 26.3 Å². The van der Waals surface area contributed by atoms with Crippen LogP contribution in [0, 0.1) is 6.92 Å². The summed E-state index contributed by atoms with van der Waals surface area (Å²) < 4.78 is 0. The molecule has 1 rings (SSSR count). The molecular formula is C13H19NO. The first kappa shape index (κ1) is 11.8. The van der Waals surface area contributed by atoms with Crippen molar-refractivity contribution in [2.45, 2.75) is 40.0 Å². The van der Waals surface area contributed by atoms with Gasteiger partial charge in [0.1, 0.15) is 0 Å². The van der Waals surface area contributed by atoms with Crippen molar-refractivity contribution < 1.29 is 4.79 Å². The topological polar surface area (TPSA) is 43.1 Å². The predicted octanol–water partition coefficient (Wildman–Crippen LogP) is 3.12. The molecule has 0 spiro atoms. The molecular weight excluding hydrogens is 186 g/mol. The van der Waals surface area contributed by atoms with E-state index < -0.39 is 0 Å². The standard InChI is InChI=1S/C13H19NO/c1-4-6-10-9(3)7-8-11(13(10)14)12(15)5-2/h7-8H,4-6,14H2,1-3H3. The van der Waals surface area contributed by atoms with Crippen molar-refractivity contribution in [2.75, 3.05) is 5.73 Å². The zero-order valence-corrected chi connectivity index (χ0v) is 9.76. The van der Waals surface area contributed by atoms with Crippen molar-refractivity contribution >= 4 is 11.5 Å². The van der Waals surface area contributed by atoms with Crippen LogP contribution in [0.2, 0.25) is 0 Å². The summed E-state index contributed by atoms with van der Waals surface area (Å²) in [6.45, 7) is 6.02. The molecule has 2 heteroatoms. The average Bonchev–Trinajstić information content (AvgIpc) is 2.23. The third-order valence-electron chi connectivity index (χ3n) is 2.71. The van der Waals surface area contributed by atoms with E-state index in [1.54, 1.807) is 0 Å². The third-order valence-corrected chi connectivity index (χ3v) is 2.71. The molecule has 0 aromatic heterocycles. The van der Waals surface area contributed by atoms with Gasteiger partial charge in [-0.2, -0.15) is 0 Å². The maximum Gasteiger partial charge on any atom is 0.164 e. The highest BCUT2D eigenvalue weighted by atomic mass is 16.1. The molecule has 0 aliphatic rings. The SMILES string of the molecule is CCCc1c(C)ccc(C(=O)CC)c1N. The van der Waals surface area contributed by atoms with Gasteiger partial charge < -0.3 is 5.73 Å². The molecule has 2 nitrogen and oxygen atoms in total. The van der Waals surface area contributed by atoms with Gasteiger partial charge in [0, 0.05) is 17.7 Å². The van der Waals surface area contributed by atoms with Gasteiger partial charge in [0.05, 0.1) is 0 Å². The van der Waals surface area contributed by atoms with Crippen LogP contribution in [0.25, 0.3) is 0 Å². The van der Waals surface area contributed by atoms with Crippen LogP contribution in [-0.2, 0) is 6.42 Å². The number of carbonyl (C=O) groups is 1. The summed E-state index contributed by atoms with van der Waals surface area (Å²) in [5.74, 6) is 0.129. The molecule has 15 heavy (non-hydrogen) atoms. The van der Waals surface area contributed by atoms with Crippen LogP contribution < -0.4 is 5.73 Å². The minimum absolute atomic E-state index is 0.129. The van der Waals surface area contributed by atoms with Crippen LogP contribution in [0.4, 0.5) is 5.69 Å². The van der Waals surface area contributed by atoms with E-state index in [-0.39, 0.29) is 5.78 Å². The van der Waals surface area contributed by atoms with Gasteiger partial charge in [0.25, 0.3) is 0 Å². The van der Waals surface area contributed by atoms with Crippen molar-refractivity contribution in [3.8, 4) is 0 Å². The van der Waals surface area contributed by atoms with Crippen molar-refractivity contribution in [2.24, 2.45) is 0 Å². The first-order chi connectivity index (χ1) is 7.11. The summed E-state index contributed by atoms with van der Waals surface area (Å²) >= 11 is 0. The number of aryl methyl sites for hydroxylation is 1. The maximum atomic E-state index is 11.6. The van der Waals surface area contributed by atoms with Gasteiger partial charge in [-0.3, -0.25) is 4.79 Å². The molecule has 1 aromatic rings. The van der Waals surface area contributed by atoms with Crippen molar-refractivity contribution in [3.63, 3.8) is 0 Å². The molecule has 0 aliphatic carbocycles. The molecule has 1 aromatic carbocycles. The van der Waals surface area contributed by atoms with Crippen LogP contribution >= 0.6 is 0 Å². The molecule has 0 saturated heterocycles. The Bertz CT molecular complexity index is 369. The Balaban J connectivity index is 3.21. The van der Waals surface area contributed by atoms with Gasteiger partial charge in [-0.05, 0) is 30.5 Å². The Kier molecular flexibility index (Phi) is 3.89. The van der Waals surface area contributed by atoms with E-state index in [9.17, 15) is 4.79 Å². The lowest BCUT2D eigenvalue weighted by Crippen LogP contribution is -2.07. The lowest BCUT2D eigenvalue weighted by atomic mass is 9.96. The van der Waals surface area contributed by atoms with Crippen molar-refractivity contribution in [1.29, 1.82) is 0 Å². The van der Waals surface area contributed by atoms with Gasteiger partial charge in [-0.25, -0.2) is 0 Å². The molecule has 0 atom stereocenters. The number of hydrogen-bond donors (Lipinski definition) is 1. The van der Waals surface area contributed by atoms with Gasteiger partial charge in [-0.15, -0.1) is 0 Å². The fourth-order valence-electron chi connectivity index (χ4n) is 1.79. The highest BCUT2D eigenvalue weighted by Crippen LogP contribution is 2.24. The smallest absolute Gasteiger partial charge is 0.164 e. The number of ketones is 1. The quantitative estimate of drug-likeness (QED) is 0.606. The van der Waals surface area contributed by atoms with E-state index in [0.717, 1.165) is 18.4 Å². The molecule has 0 saturated carbocycles. The van der Waals surface area contributed by atoms with Gasteiger partial charge in [0.2, 0.25) is 0 Å². The summed E-state index contributed by atoms with van der Waals surface area (Å²) in [5, 5.41) is 0. The van der Waals surface area contributed by atoms with Crippen LogP contribution in [0.1, 0.15) is 48.2 Å². The first-order valence-electron chi connectivity index (χ1n) is 5.52. The van der Waals surface area contributed by atoms with E-state index in [1.165, 1.54) is 5.56 Å². The van der Waals surface area contributed by atoms with E-state index in [2.05, 4.69) is 6.92 Å². The number of nitrogen functional groups attached to an aromatic ring is 1. The number of rotatable bonds is 4. The Morgan fingerprint density at radius 1 is 1.33 bits per heavy atom. The second kappa shape index (κ2) is 4.96. The normalized spacial score (nSPS) is 10.3. The van der Waals surface area contributed by atoms with Crippen LogP contribution in [-0.4, -0.2) is 5.78 Å². The fourth-order valence-corrected chi connectivity index (χ4v) is 1.79. The Labute approximate surface area is 91.5 Å². The molecule has 0 heterocycles. The van der Waals surface area contributed by atoms with Crippen LogP contribution in [0.15, 0.2) is 12.1 Å². The number of anilines is 1. The van der Waals surface area contributed by atoms with Crippen molar-refractivity contribution in [1.82, 2.24) is 0 Å². The molecule has 2 N–H and O–H groups in total. The summed E-state index contributed by atoms with van der Waals surface area (Å²) in [5.41, 5.74) is 9.71. The van der Waals surface area contributed by atoms with E-state index in [4.69, 9.17) is 5.73 Å². The molecule has 0 bridgehead atoms. The zero-order chi connectivity index (χ0) is 11.4. The fraction of sp³-hybridized carbons (Fsp3) is 0.462. The second-order valence-electron chi connectivity index (χ2n) is 3.85. The molecule has 0 radical (unpaired) electrons. The van der Waals surface area contributed by atoms with Gasteiger partial charge in [0.15, 0.2) is 5.78 Å². The monoisotopic (exact) mass is 205 g/mol. The summed E-state index contributed by atoms with van der Waals surface area (Å²) in [7, 11) is 0. The Morgan fingerprint density at radius 2 is 2.00 bits per heavy atom. The predicted molar refractivity (Wildman–Crippen MR) is 64.2 cm³/mol. The van der Waals surface area contributed by atoms with E-state index >= 15 is 0 Å². The van der Waals surface area contributed by atoms with E-state index in [1.807, 2.05) is 26.0 Å². The third kappa shape index (κ3) is 2.38. The Hall–Kier alpha value is -1.31. The summed E-state index contributed by atoms with van der Waals surface area (Å²) in [6, 6.07) is 3.83. The van der Waals surface area contributed by atoms with Crippen LogP contribution in [0.3, 0.4) is 0 Å². The van der Waals surface area contributed by atoms with Crippen LogP contribution in [0.5, 0.6) is 0 Å². The minimum atomic E-state index is 0.129. The number of benzene rings is 1. The number of carbonyl (C=O) groups excluding carboxylic acids is 1. The van der Waals surface area contributed by atoms with E-state index in [0.29, 0.717) is 17.7 Å². The minimum Gasteiger partial charge on any atom is -0.398 e. The van der Waals surface area contributed by atoms with Crippen molar-refractivity contribution in [3.05, 3.63) is 28.8 Å². The summed E-state index contributed by atoms with van der Waals surface area (Å²) in [6.07, 6.45) is 2.51. The highest BCUT2D eigenvalue weighted by molar-refractivity contribution is 6.01. The zero-order valence-electron chi connectivity index (χ0n) is 9.76. The summed E-state index contributed by atoms with van der Waals surface area (Å²) in [4.78, 5) is 11.6. The highest BCUT2D eigenvalue weighted by Gasteiger charge is 2.12. The van der Waals surface area contributed by atoms with Gasteiger partial charge >= 0.3 is 0 Å². The molecule has 0 fully saturated rings. The molecule has 0 amide bonds. The number of nitrogens with two attached hydrogens (primary N) is 1. The maximum absolute atomic E-state index is 11.6. The molecule has 0 unspecified atom stereocenters. The first-order valence-corrected chi connectivity index (χ1v) is 5.52. The molecule has 82 valence electrons. The average molecular weight is 205 g/mol. The molecule has 0 aliphatic heterocycles. The lowest BCUT2D eigenvalue weighted by Gasteiger charge is -2.12. The number of Topliss-reactive ketones (excluding diaryl/α,β-unsaturated/α-hetero) is 1. The lowest BCUT2D eigenvalue weighted by molar-refractivity contribution is 0.0989. The number of hydrogen-bond acceptors (Lipinski definition) is 2. The Morgan fingerprint density at radius 3 is 2.53 bits per heavy atom. The second-order valence-corrected chi connectivity index (χ2v) is 3.85.